The van der Waals surface area contributed by atoms with E-state index in [1.54, 1.807) is 14.1 Å². The molecule has 3 nitrogen and oxygen atoms in total. The summed E-state index contributed by atoms with van der Waals surface area (Å²) in [5.74, 6) is -0.245. The first-order valence-electron chi connectivity index (χ1n) is 4.21. The van der Waals surface area contributed by atoms with E-state index in [4.69, 9.17) is 0 Å². The number of anilines is 2. The van der Waals surface area contributed by atoms with Crippen molar-refractivity contribution in [1.29, 1.82) is 0 Å². The Kier molecular flexibility index (Phi) is 3.28. The molecule has 1 rings (SSSR count). The van der Waals surface area contributed by atoms with Gasteiger partial charge in [0.2, 0.25) is 0 Å². The number of rotatable bonds is 3. The molecule has 0 aliphatic carbocycles. The summed E-state index contributed by atoms with van der Waals surface area (Å²) in [4.78, 5) is 0. The van der Waals surface area contributed by atoms with Crippen LogP contribution in [0, 0.1) is 0 Å². The smallest absolute Gasteiger partial charge is 0.406 e. The predicted octanol–water partition coefficient (Wildman–Crippen LogP) is 2.67. The molecular formula is C9H11F3N2O. The first-order chi connectivity index (χ1) is 6.96. The van der Waals surface area contributed by atoms with Gasteiger partial charge in [0, 0.05) is 20.2 Å². The van der Waals surface area contributed by atoms with Crippen LogP contribution in [0.5, 0.6) is 5.75 Å². The normalized spacial score (nSPS) is 11.0. The fraction of sp³-hybridized carbons (Fsp3) is 0.333. The van der Waals surface area contributed by atoms with Crippen LogP contribution in [-0.2, 0) is 0 Å². The van der Waals surface area contributed by atoms with Gasteiger partial charge in [0.15, 0.2) is 0 Å². The number of hydrogen-bond donors (Lipinski definition) is 2. The average molecular weight is 220 g/mol. The summed E-state index contributed by atoms with van der Waals surface area (Å²) >= 11 is 0. The van der Waals surface area contributed by atoms with Crippen LogP contribution in [-0.4, -0.2) is 20.5 Å². The minimum Gasteiger partial charge on any atom is -0.406 e. The van der Waals surface area contributed by atoms with E-state index >= 15 is 0 Å². The first kappa shape index (κ1) is 11.5. The Bertz CT molecular complexity index is 339. The van der Waals surface area contributed by atoms with Crippen LogP contribution in [0.3, 0.4) is 0 Å². The molecule has 0 atom stereocenters. The Balaban J connectivity index is 2.93. The van der Waals surface area contributed by atoms with Gasteiger partial charge in [-0.25, -0.2) is 0 Å². The molecule has 15 heavy (non-hydrogen) atoms. The molecular weight excluding hydrogens is 209 g/mol. The monoisotopic (exact) mass is 220 g/mol. The standard InChI is InChI=1S/C9H11F3N2O/c1-13-7-4-3-6(5-8(7)14-2)15-9(10,11)12/h3-5,13-14H,1-2H3. The van der Waals surface area contributed by atoms with E-state index < -0.39 is 6.36 Å². The molecule has 0 unspecified atom stereocenters. The van der Waals surface area contributed by atoms with Crippen LogP contribution in [0.1, 0.15) is 0 Å². The van der Waals surface area contributed by atoms with Gasteiger partial charge < -0.3 is 15.4 Å². The van der Waals surface area contributed by atoms with Gasteiger partial charge in [-0.15, -0.1) is 13.2 Å². The molecule has 1 aromatic rings. The maximum atomic E-state index is 11.9. The zero-order chi connectivity index (χ0) is 11.5. The lowest BCUT2D eigenvalue weighted by Gasteiger charge is -2.13. The van der Waals surface area contributed by atoms with Crippen molar-refractivity contribution in [2.75, 3.05) is 24.7 Å². The van der Waals surface area contributed by atoms with E-state index in [0.29, 0.717) is 11.4 Å². The number of benzene rings is 1. The van der Waals surface area contributed by atoms with Crippen molar-refractivity contribution in [2.24, 2.45) is 0 Å². The second-order valence-electron chi connectivity index (χ2n) is 2.76. The highest BCUT2D eigenvalue weighted by atomic mass is 19.4. The molecule has 0 saturated heterocycles. The average Bonchev–Trinajstić information content (AvgIpc) is 2.15. The molecule has 0 bridgehead atoms. The van der Waals surface area contributed by atoms with E-state index in [2.05, 4.69) is 15.4 Å². The van der Waals surface area contributed by atoms with Crippen molar-refractivity contribution in [3.05, 3.63) is 18.2 Å². The lowest BCUT2D eigenvalue weighted by molar-refractivity contribution is -0.274. The number of hydrogen-bond acceptors (Lipinski definition) is 3. The summed E-state index contributed by atoms with van der Waals surface area (Å²) in [5.41, 5.74) is 1.24. The molecule has 2 N–H and O–H groups in total. The Labute approximate surface area is 85.2 Å². The molecule has 0 amide bonds. The van der Waals surface area contributed by atoms with Gasteiger partial charge in [-0.05, 0) is 12.1 Å². The van der Waals surface area contributed by atoms with Gasteiger partial charge in [-0.3, -0.25) is 0 Å². The quantitative estimate of drug-likeness (QED) is 0.821. The third kappa shape index (κ3) is 3.23. The molecule has 0 aliphatic rings. The van der Waals surface area contributed by atoms with Crippen LogP contribution < -0.4 is 15.4 Å². The van der Waals surface area contributed by atoms with Gasteiger partial charge in [0.1, 0.15) is 5.75 Å². The summed E-state index contributed by atoms with van der Waals surface area (Å²) in [7, 11) is 3.30. The summed E-state index contributed by atoms with van der Waals surface area (Å²) in [6.07, 6.45) is -4.66. The Morgan fingerprint density at radius 2 is 1.67 bits per heavy atom. The molecule has 0 aromatic heterocycles. The molecule has 0 spiro atoms. The van der Waals surface area contributed by atoms with Crippen molar-refractivity contribution in [3.8, 4) is 5.75 Å². The third-order valence-electron chi connectivity index (χ3n) is 1.76. The first-order valence-corrected chi connectivity index (χ1v) is 4.21. The number of ether oxygens (including phenoxy) is 1. The van der Waals surface area contributed by atoms with Crippen molar-refractivity contribution >= 4 is 11.4 Å². The van der Waals surface area contributed by atoms with Crippen LogP contribution >= 0.6 is 0 Å². The largest absolute Gasteiger partial charge is 0.573 e. The van der Waals surface area contributed by atoms with Gasteiger partial charge >= 0.3 is 6.36 Å². The summed E-state index contributed by atoms with van der Waals surface area (Å²) < 4.78 is 39.5. The second kappa shape index (κ2) is 4.29. The number of alkyl halides is 3. The van der Waals surface area contributed by atoms with Crippen LogP contribution in [0.4, 0.5) is 24.5 Å². The predicted molar refractivity (Wildman–Crippen MR) is 52.2 cm³/mol. The molecule has 0 radical (unpaired) electrons. The maximum absolute atomic E-state index is 11.9. The van der Waals surface area contributed by atoms with Crippen molar-refractivity contribution in [2.45, 2.75) is 6.36 Å². The van der Waals surface area contributed by atoms with E-state index in [0.717, 1.165) is 0 Å². The molecule has 6 heteroatoms. The molecule has 0 aliphatic heterocycles. The SMILES string of the molecule is CNc1ccc(OC(F)(F)F)cc1NC. The number of nitrogens with one attached hydrogen (secondary N) is 2. The molecule has 1 aromatic carbocycles. The Morgan fingerprint density at radius 3 is 2.13 bits per heavy atom. The van der Waals surface area contributed by atoms with E-state index in [1.807, 2.05) is 0 Å². The topological polar surface area (TPSA) is 33.3 Å². The summed E-state index contributed by atoms with van der Waals surface area (Å²) in [6.45, 7) is 0. The summed E-state index contributed by atoms with van der Waals surface area (Å²) in [5, 5.41) is 5.60. The van der Waals surface area contributed by atoms with Crippen molar-refractivity contribution in [1.82, 2.24) is 0 Å². The molecule has 0 heterocycles. The van der Waals surface area contributed by atoms with Gasteiger partial charge in [-0.2, -0.15) is 0 Å². The van der Waals surface area contributed by atoms with Crippen molar-refractivity contribution < 1.29 is 17.9 Å². The third-order valence-corrected chi connectivity index (χ3v) is 1.76. The Hall–Kier alpha value is -1.59. The minimum atomic E-state index is -4.66. The van der Waals surface area contributed by atoms with E-state index in [9.17, 15) is 13.2 Å². The van der Waals surface area contributed by atoms with E-state index in [-0.39, 0.29) is 5.75 Å². The lowest BCUT2D eigenvalue weighted by atomic mass is 10.2. The van der Waals surface area contributed by atoms with Crippen LogP contribution in [0.15, 0.2) is 18.2 Å². The summed E-state index contributed by atoms with van der Waals surface area (Å²) in [6, 6.07) is 4.03. The zero-order valence-corrected chi connectivity index (χ0v) is 8.27. The van der Waals surface area contributed by atoms with Crippen LogP contribution in [0.25, 0.3) is 0 Å². The van der Waals surface area contributed by atoms with Crippen molar-refractivity contribution in [3.63, 3.8) is 0 Å². The lowest BCUT2D eigenvalue weighted by Crippen LogP contribution is -2.17. The van der Waals surface area contributed by atoms with Gasteiger partial charge in [0.25, 0.3) is 0 Å². The van der Waals surface area contributed by atoms with Crippen LogP contribution in [0.2, 0.25) is 0 Å². The van der Waals surface area contributed by atoms with Gasteiger partial charge in [0.05, 0.1) is 11.4 Å². The van der Waals surface area contributed by atoms with Gasteiger partial charge in [-0.1, -0.05) is 0 Å². The molecule has 84 valence electrons. The maximum Gasteiger partial charge on any atom is 0.573 e. The second-order valence-corrected chi connectivity index (χ2v) is 2.76. The number of halogens is 3. The fourth-order valence-corrected chi connectivity index (χ4v) is 1.15. The highest BCUT2D eigenvalue weighted by Gasteiger charge is 2.31. The highest BCUT2D eigenvalue weighted by molar-refractivity contribution is 5.70. The highest BCUT2D eigenvalue weighted by Crippen LogP contribution is 2.29. The van der Waals surface area contributed by atoms with E-state index in [1.165, 1.54) is 18.2 Å². The molecule has 0 saturated carbocycles. The fourth-order valence-electron chi connectivity index (χ4n) is 1.15. The molecule has 0 fully saturated rings. The Morgan fingerprint density at radius 1 is 1.07 bits per heavy atom. The zero-order valence-electron chi connectivity index (χ0n) is 8.27. The minimum absolute atomic E-state index is 0.245.